The van der Waals surface area contributed by atoms with Crippen LogP contribution in [0.4, 0.5) is 0 Å². The summed E-state index contributed by atoms with van der Waals surface area (Å²) in [6, 6.07) is 12.9. The van der Waals surface area contributed by atoms with Gasteiger partial charge in [0.15, 0.2) is 16.3 Å². The summed E-state index contributed by atoms with van der Waals surface area (Å²) >= 11 is 1.27. The Morgan fingerprint density at radius 1 is 1.14 bits per heavy atom. The zero-order chi connectivity index (χ0) is 26.0. The molecule has 0 radical (unpaired) electrons. The highest BCUT2D eigenvalue weighted by molar-refractivity contribution is 7.07. The standard InChI is InChI=1S/C28H30N2O5S/c1-7-35-27(32)23-17(4)29-28-30(24(23)19-13-11-18(12-14-19)16(2)3)26(31)22(36-28)15-20-9-8-10-21(33-5)25(20)34-6/h8-16,24H,7H2,1-6H3. The molecule has 0 amide bonds. The van der Waals surface area contributed by atoms with E-state index in [0.717, 1.165) is 5.56 Å². The quantitative estimate of drug-likeness (QED) is 0.454. The second-order valence-electron chi connectivity index (χ2n) is 8.71. The van der Waals surface area contributed by atoms with Gasteiger partial charge in [-0.2, -0.15) is 0 Å². The number of benzene rings is 2. The van der Waals surface area contributed by atoms with Crippen LogP contribution in [0, 0.1) is 0 Å². The predicted octanol–water partition coefficient (Wildman–Crippen LogP) is 3.94. The number of carbonyl (C=O) groups excluding carboxylic acids is 1. The van der Waals surface area contributed by atoms with E-state index in [1.54, 1.807) is 44.8 Å². The Kier molecular flexibility index (Phi) is 7.45. The number of aromatic nitrogens is 1. The van der Waals surface area contributed by atoms with Crippen LogP contribution >= 0.6 is 11.3 Å². The molecule has 7 nitrogen and oxygen atoms in total. The number of carbonyl (C=O) groups is 1. The van der Waals surface area contributed by atoms with Gasteiger partial charge >= 0.3 is 5.97 Å². The predicted molar refractivity (Wildman–Crippen MR) is 140 cm³/mol. The van der Waals surface area contributed by atoms with E-state index in [1.807, 2.05) is 36.4 Å². The third kappa shape index (κ3) is 4.60. The minimum absolute atomic E-state index is 0.231. The molecule has 188 valence electrons. The number of methoxy groups -OCH3 is 2. The highest BCUT2D eigenvalue weighted by Crippen LogP contribution is 2.33. The van der Waals surface area contributed by atoms with Gasteiger partial charge in [0.05, 0.1) is 42.7 Å². The van der Waals surface area contributed by atoms with Crippen molar-refractivity contribution in [2.45, 2.75) is 39.7 Å². The number of esters is 1. The molecule has 1 unspecified atom stereocenters. The van der Waals surface area contributed by atoms with Crippen molar-refractivity contribution in [3.63, 3.8) is 0 Å². The average molecular weight is 507 g/mol. The van der Waals surface area contributed by atoms with Crippen LogP contribution in [0.25, 0.3) is 6.08 Å². The number of hydrogen-bond donors (Lipinski definition) is 0. The minimum Gasteiger partial charge on any atom is -0.493 e. The van der Waals surface area contributed by atoms with Gasteiger partial charge in [-0.3, -0.25) is 9.36 Å². The summed E-state index contributed by atoms with van der Waals surface area (Å²) < 4.78 is 18.4. The fourth-order valence-corrected chi connectivity index (χ4v) is 5.37. The van der Waals surface area contributed by atoms with E-state index in [1.165, 1.54) is 16.9 Å². The summed E-state index contributed by atoms with van der Waals surface area (Å²) in [5.41, 5.74) is 3.38. The summed E-state index contributed by atoms with van der Waals surface area (Å²) in [5, 5.41) is 0. The first-order valence-electron chi connectivity index (χ1n) is 11.8. The van der Waals surface area contributed by atoms with Gasteiger partial charge in [0, 0.05) is 5.56 Å². The monoisotopic (exact) mass is 506 g/mol. The number of thiazole rings is 1. The lowest BCUT2D eigenvalue weighted by Gasteiger charge is -2.25. The van der Waals surface area contributed by atoms with E-state index in [2.05, 4.69) is 18.8 Å². The molecule has 36 heavy (non-hydrogen) atoms. The second kappa shape index (κ2) is 10.5. The summed E-state index contributed by atoms with van der Waals surface area (Å²) in [5.74, 6) is 0.999. The molecule has 1 aliphatic heterocycles. The average Bonchev–Trinajstić information content (AvgIpc) is 3.17. The van der Waals surface area contributed by atoms with Gasteiger partial charge in [-0.25, -0.2) is 9.79 Å². The highest BCUT2D eigenvalue weighted by Gasteiger charge is 2.33. The van der Waals surface area contributed by atoms with E-state index < -0.39 is 12.0 Å². The number of hydrogen-bond acceptors (Lipinski definition) is 7. The lowest BCUT2D eigenvalue weighted by Crippen LogP contribution is -2.39. The summed E-state index contributed by atoms with van der Waals surface area (Å²) in [6.45, 7) is 8.02. The van der Waals surface area contributed by atoms with E-state index in [4.69, 9.17) is 14.2 Å². The van der Waals surface area contributed by atoms with Gasteiger partial charge in [-0.1, -0.05) is 61.6 Å². The third-order valence-corrected chi connectivity index (χ3v) is 7.14. The molecule has 4 rings (SSSR count). The van der Waals surface area contributed by atoms with Gasteiger partial charge < -0.3 is 14.2 Å². The number of para-hydroxylation sites is 1. The van der Waals surface area contributed by atoms with Gasteiger partial charge in [-0.15, -0.1) is 0 Å². The SMILES string of the molecule is CCOC(=O)C1=C(C)N=c2sc(=Cc3cccc(OC)c3OC)c(=O)n2C1c1ccc(C(C)C)cc1. The molecule has 2 heterocycles. The molecule has 2 aromatic carbocycles. The maximum absolute atomic E-state index is 13.8. The summed E-state index contributed by atoms with van der Waals surface area (Å²) in [4.78, 5) is 32.0. The fourth-order valence-electron chi connectivity index (χ4n) is 4.34. The van der Waals surface area contributed by atoms with E-state index >= 15 is 0 Å². The molecule has 0 aliphatic carbocycles. The van der Waals surface area contributed by atoms with Gasteiger partial charge in [-0.05, 0) is 43.0 Å². The number of nitrogens with zero attached hydrogens (tertiary/aromatic N) is 2. The van der Waals surface area contributed by atoms with E-state index in [-0.39, 0.29) is 12.2 Å². The number of ether oxygens (including phenoxy) is 3. The zero-order valence-electron chi connectivity index (χ0n) is 21.3. The molecule has 1 aromatic heterocycles. The lowest BCUT2D eigenvalue weighted by atomic mass is 9.93. The summed E-state index contributed by atoms with van der Waals surface area (Å²) in [6.07, 6.45) is 1.77. The molecule has 0 saturated carbocycles. The Labute approximate surface area is 214 Å². The van der Waals surface area contributed by atoms with Crippen LogP contribution in [-0.4, -0.2) is 31.4 Å². The third-order valence-electron chi connectivity index (χ3n) is 6.16. The van der Waals surface area contributed by atoms with E-state index in [0.29, 0.717) is 43.6 Å². The van der Waals surface area contributed by atoms with Crippen molar-refractivity contribution in [1.82, 2.24) is 4.57 Å². The molecule has 0 saturated heterocycles. The Bertz CT molecular complexity index is 1500. The van der Waals surface area contributed by atoms with Crippen molar-refractivity contribution < 1.29 is 19.0 Å². The maximum atomic E-state index is 13.8. The first-order valence-corrected chi connectivity index (χ1v) is 12.6. The van der Waals surface area contributed by atoms with Crippen LogP contribution in [0.15, 0.2) is 63.5 Å². The van der Waals surface area contributed by atoms with Gasteiger partial charge in [0.1, 0.15) is 0 Å². The number of rotatable bonds is 7. The molecule has 3 aromatic rings. The molecular formula is C28H30N2O5S. The fraction of sp³-hybridized carbons (Fsp3) is 0.321. The second-order valence-corrected chi connectivity index (χ2v) is 9.72. The Morgan fingerprint density at radius 3 is 2.47 bits per heavy atom. The van der Waals surface area contributed by atoms with Crippen molar-refractivity contribution >= 4 is 23.4 Å². The summed E-state index contributed by atoms with van der Waals surface area (Å²) in [7, 11) is 3.13. The maximum Gasteiger partial charge on any atom is 0.338 e. The number of allylic oxidation sites excluding steroid dienone is 1. The Balaban J connectivity index is 1.95. The van der Waals surface area contributed by atoms with Crippen molar-refractivity contribution in [1.29, 1.82) is 0 Å². The molecular weight excluding hydrogens is 476 g/mol. The number of fused-ring (bicyclic) bond motifs is 1. The topological polar surface area (TPSA) is 79.1 Å². The molecule has 8 heteroatoms. The Morgan fingerprint density at radius 2 is 1.86 bits per heavy atom. The van der Waals surface area contributed by atoms with Crippen molar-refractivity contribution in [2.75, 3.05) is 20.8 Å². The first-order chi connectivity index (χ1) is 17.3. The molecule has 0 N–H and O–H groups in total. The van der Waals surface area contributed by atoms with Crippen LogP contribution in [-0.2, 0) is 9.53 Å². The van der Waals surface area contributed by atoms with Crippen LogP contribution in [0.2, 0.25) is 0 Å². The minimum atomic E-state index is -0.643. The van der Waals surface area contributed by atoms with Crippen LogP contribution in [0.3, 0.4) is 0 Å². The first kappa shape index (κ1) is 25.4. The largest absolute Gasteiger partial charge is 0.493 e. The van der Waals surface area contributed by atoms with E-state index in [9.17, 15) is 9.59 Å². The molecule has 0 bridgehead atoms. The highest BCUT2D eigenvalue weighted by atomic mass is 32.1. The molecule has 0 fully saturated rings. The van der Waals surface area contributed by atoms with Crippen LogP contribution in [0.1, 0.15) is 56.3 Å². The van der Waals surface area contributed by atoms with Crippen molar-refractivity contribution in [3.05, 3.63) is 90.1 Å². The zero-order valence-corrected chi connectivity index (χ0v) is 22.1. The Hall–Kier alpha value is -3.65. The lowest BCUT2D eigenvalue weighted by molar-refractivity contribution is -0.139. The van der Waals surface area contributed by atoms with Crippen molar-refractivity contribution in [3.8, 4) is 11.5 Å². The molecule has 1 atom stereocenters. The van der Waals surface area contributed by atoms with Gasteiger partial charge in [0.2, 0.25) is 0 Å². The van der Waals surface area contributed by atoms with Crippen LogP contribution < -0.4 is 24.4 Å². The van der Waals surface area contributed by atoms with Crippen molar-refractivity contribution in [2.24, 2.45) is 4.99 Å². The van der Waals surface area contributed by atoms with Crippen LogP contribution in [0.5, 0.6) is 11.5 Å². The normalized spacial score (nSPS) is 15.5. The van der Waals surface area contributed by atoms with Gasteiger partial charge in [0.25, 0.3) is 5.56 Å². The molecule has 1 aliphatic rings. The smallest absolute Gasteiger partial charge is 0.338 e. The molecule has 0 spiro atoms.